The number of hydrogen-bond acceptors (Lipinski definition) is 7. The number of nitrogens with zero attached hydrogens (tertiary/aromatic N) is 2. The quantitative estimate of drug-likeness (QED) is 0.515. The molecule has 1 amide bonds. The van der Waals surface area contributed by atoms with Crippen LogP contribution in [0.5, 0.6) is 11.5 Å². The molecule has 0 unspecified atom stereocenters. The lowest BCUT2D eigenvalue weighted by molar-refractivity contribution is -0.137. The summed E-state index contributed by atoms with van der Waals surface area (Å²) in [6, 6.07) is 13.8. The van der Waals surface area contributed by atoms with Gasteiger partial charge in [-0.2, -0.15) is 0 Å². The van der Waals surface area contributed by atoms with E-state index in [4.69, 9.17) is 14.2 Å². The number of carboxylic acids is 1. The van der Waals surface area contributed by atoms with Gasteiger partial charge in [0.05, 0.1) is 20.4 Å². The van der Waals surface area contributed by atoms with Crippen LogP contribution in [0.2, 0.25) is 0 Å². The molecule has 0 saturated heterocycles. The number of ether oxygens (including phenoxy) is 3. The van der Waals surface area contributed by atoms with Crippen molar-refractivity contribution < 1.29 is 28.9 Å². The van der Waals surface area contributed by atoms with Gasteiger partial charge in [-0.25, -0.2) is 9.78 Å². The van der Waals surface area contributed by atoms with Gasteiger partial charge >= 0.3 is 12.1 Å². The fourth-order valence-electron chi connectivity index (χ4n) is 3.26. The lowest BCUT2D eigenvalue weighted by Gasteiger charge is -2.26. The number of aromatic nitrogens is 2. The molecule has 178 valence electrons. The molecule has 0 atom stereocenters. The summed E-state index contributed by atoms with van der Waals surface area (Å²) in [5, 5.41) is 11.7. The van der Waals surface area contributed by atoms with Crippen LogP contribution in [0.3, 0.4) is 0 Å². The van der Waals surface area contributed by atoms with Gasteiger partial charge in [0.25, 0.3) is 5.56 Å². The molecule has 0 spiro atoms. The molecule has 10 heteroatoms. The number of hydrogen-bond donors (Lipinski definition) is 2. The van der Waals surface area contributed by atoms with Crippen LogP contribution in [0.15, 0.2) is 59.5 Å². The van der Waals surface area contributed by atoms with Crippen molar-refractivity contribution in [2.75, 3.05) is 19.5 Å². The molecule has 0 aliphatic rings. The molecule has 10 nitrogen and oxygen atoms in total. The molecule has 1 aromatic heterocycles. The number of benzene rings is 2. The van der Waals surface area contributed by atoms with Gasteiger partial charge in [0.15, 0.2) is 0 Å². The van der Waals surface area contributed by atoms with Crippen LogP contribution in [0, 0.1) is 0 Å². The number of nitrogens with one attached hydrogen (secondary N) is 1. The molecular formula is C24H25N3O7. The van der Waals surface area contributed by atoms with E-state index in [0.29, 0.717) is 22.6 Å². The molecule has 0 fully saturated rings. The normalized spacial score (nSPS) is 10.9. The highest BCUT2D eigenvalue weighted by Crippen LogP contribution is 2.32. The fourth-order valence-corrected chi connectivity index (χ4v) is 3.26. The van der Waals surface area contributed by atoms with E-state index in [2.05, 4.69) is 10.3 Å². The number of carboxylic acid groups (broad SMARTS) is 1. The third-order valence-electron chi connectivity index (χ3n) is 5.00. The Hall–Kier alpha value is -4.34. The Labute approximate surface area is 195 Å². The van der Waals surface area contributed by atoms with Crippen molar-refractivity contribution in [3.05, 3.63) is 70.6 Å². The van der Waals surface area contributed by atoms with Crippen LogP contribution in [-0.2, 0) is 21.7 Å². The van der Waals surface area contributed by atoms with Gasteiger partial charge in [0.1, 0.15) is 35.2 Å². The number of methoxy groups -OCH3 is 2. The first-order valence-electron chi connectivity index (χ1n) is 10.2. The Balaban J connectivity index is 1.88. The van der Waals surface area contributed by atoms with E-state index in [-0.39, 0.29) is 11.5 Å². The number of aliphatic carboxylic acids is 1. The number of carbonyl (C=O) groups is 2. The molecule has 0 bridgehead atoms. The maximum atomic E-state index is 13.0. The first-order chi connectivity index (χ1) is 16.1. The van der Waals surface area contributed by atoms with E-state index in [0.717, 1.165) is 4.57 Å². The van der Waals surface area contributed by atoms with E-state index in [9.17, 15) is 19.5 Å². The molecule has 0 aliphatic heterocycles. The summed E-state index contributed by atoms with van der Waals surface area (Å²) in [5.74, 6) is -0.0305. The number of rotatable bonds is 8. The smallest absolute Gasteiger partial charge is 0.412 e. The highest BCUT2D eigenvalue weighted by Gasteiger charge is 2.28. The van der Waals surface area contributed by atoms with E-state index >= 15 is 0 Å². The summed E-state index contributed by atoms with van der Waals surface area (Å²) in [5.41, 5.74) is -0.912. The fraction of sp³-hybridized carbons (Fsp3) is 0.250. The Kier molecular flexibility index (Phi) is 7.20. The van der Waals surface area contributed by atoms with Crippen molar-refractivity contribution in [1.82, 2.24) is 9.55 Å². The molecule has 3 rings (SSSR count). The summed E-state index contributed by atoms with van der Waals surface area (Å²) in [6.45, 7) is 2.70. The summed E-state index contributed by atoms with van der Waals surface area (Å²) in [4.78, 5) is 41.2. The standard InChI is InChI=1S/C24H25N3O7/c1-24(2,16-10-17(32-3)12-18(11-16)33-4)34-23(31)26-19-13-25-21(15-8-6-5-7-9-15)27(22(19)30)14-20(28)29/h5-13H,14H2,1-4H3,(H,26,31)(H,28,29). The minimum Gasteiger partial charge on any atom is -0.497 e. The third kappa shape index (κ3) is 5.52. The van der Waals surface area contributed by atoms with Crippen LogP contribution in [-0.4, -0.2) is 40.9 Å². The maximum absolute atomic E-state index is 13.0. The molecular weight excluding hydrogens is 442 g/mol. The average Bonchev–Trinajstić information content (AvgIpc) is 2.81. The molecule has 2 aromatic carbocycles. The van der Waals surface area contributed by atoms with Crippen molar-refractivity contribution in [3.63, 3.8) is 0 Å². The van der Waals surface area contributed by atoms with Crippen LogP contribution < -0.4 is 20.3 Å². The zero-order chi connectivity index (χ0) is 24.9. The number of carbonyl (C=O) groups excluding carboxylic acids is 1. The molecule has 2 N–H and O–H groups in total. The van der Waals surface area contributed by atoms with Crippen molar-refractivity contribution in [2.45, 2.75) is 26.0 Å². The minimum atomic E-state index is -1.23. The lowest BCUT2D eigenvalue weighted by Crippen LogP contribution is -2.33. The van der Waals surface area contributed by atoms with Crippen molar-refractivity contribution >= 4 is 17.7 Å². The molecule has 3 aromatic rings. The predicted molar refractivity (Wildman–Crippen MR) is 124 cm³/mol. The van der Waals surface area contributed by atoms with Crippen LogP contribution in [0.25, 0.3) is 11.4 Å². The second-order valence-corrected chi connectivity index (χ2v) is 7.77. The zero-order valence-corrected chi connectivity index (χ0v) is 19.2. The molecule has 0 aliphatic carbocycles. The zero-order valence-electron chi connectivity index (χ0n) is 19.2. The van der Waals surface area contributed by atoms with Crippen LogP contribution in [0.1, 0.15) is 19.4 Å². The minimum absolute atomic E-state index is 0.163. The lowest BCUT2D eigenvalue weighted by atomic mass is 9.97. The summed E-state index contributed by atoms with van der Waals surface area (Å²) >= 11 is 0. The predicted octanol–water partition coefficient (Wildman–Crippen LogP) is 3.50. The largest absolute Gasteiger partial charge is 0.497 e. The molecule has 34 heavy (non-hydrogen) atoms. The Bertz CT molecular complexity index is 1230. The van der Waals surface area contributed by atoms with Crippen molar-refractivity contribution in [2.24, 2.45) is 0 Å². The average molecular weight is 467 g/mol. The van der Waals surface area contributed by atoms with Gasteiger partial charge in [-0.15, -0.1) is 0 Å². The second kappa shape index (κ2) is 10.1. The first kappa shape index (κ1) is 24.3. The van der Waals surface area contributed by atoms with Gasteiger partial charge in [-0.05, 0) is 26.0 Å². The number of anilines is 1. The Morgan fingerprint density at radius 1 is 1.06 bits per heavy atom. The monoisotopic (exact) mass is 467 g/mol. The van der Waals surface area contributed by atoms with Gasteiger partial charge in [0.2, 0.25) is 0 Å². The van der Waals surface area contributed by atoms with Crippen LogP contribution in [0.4, 0.5) is 10.5 Å². The molecule has 0 saturated carbocycles. The summed E-state index contributed by atoms with van der Waals surface area (Å²) in [6.07, 6.45) is 0.256. The highest BCUT2D eigenvalue weighted by atomic mass is 16.6. The van der Waals surface area contributed by atoms with Gasteiger partial charge in [-0.3, -0.25) is 19.5 Å². The Morgan fingerprint density at radius 3 is 2.24 bits per heavy atom. The summed E-state index contributed by atoms with van der Waals surface area (Å²) in [7, 11) is 3.01. The van der Waals surface area contributed by atoms with Crippen LogP contribution >= 0.6 is 0 Å². The number of amides is 1. The highest BCUT2D eigenvalue weighted by molar-refractivity contribution is 5.84. The van der Waals surface area contributed by atoms with Gasteiger partial charge < -0.3 is 19.3 Å². The maximum Gasteiger partial charge on any atom is 0.412 e. The molecule has 1 heterocycles. The third-order valence-corrected chi connectivity index (χ3v) is 5.00. The van der Waals surface area contributed by atoms with E-state index in [1.807, 2.05) is 0 Å². The SMILES string of the molecule is COc1cc(OC)cc(C(C)(C)OC(=O)Nc2cnc(-c3ccccc3)n(CC(=O)O)c2=O)c1. The van der Waals surface area contributed by atoms with Gasteiger partial charge in [0, 0.05) is 17.2 Å². The van der Waals surface area contributed by atoms with Crippen molar-refractivity contribution in [1.29, 1.82) is 0 Å². The topological polar surface area (TPSA) is 129 Å². The van der Waals surface area contributed by atoms with E-state index in [1.165, 1.54) is 20.4 Å². The first-order valence-corrected chi connectivity index (χ1v) is 10.2. The van der Waals surface area contributed by atoms with Gasteiger partial charge in [-0.1, -0.05) is 30.3 Å². The summed E-state index contributed by atoms with van der Waals surface area (Å²) < 4.78 is 17.1. The second-order valence-electron chi connectivity index (χ2n) is 7.77. The van der Waals surface area contributed by atoms with E-state index in [1.54, 1.807) is 62.4 Å². The van der Waals surface area contributed by atoms with Crippen molar-refractivity contribution in [3.8, 4) is 22.9 Å². The van der Waals surface area contributed by atoms with E-state index < -0.39 is 29.8 Å². The molecule has 0 radical (unpaired) electrons. The Morgan fingerprint density at radius 2 is 1.68 bits per heavy atom.